The predicted molar refractivity (Wildman–Crippen MR) is 94.6 cm³/mol. The van der Waals surface area contributed by atoms with Crippen LogP contribution in [0.15, 0.2) is 41.6 Å². The summed E-state index contributed by atoms with van der Waals surface area (Å²) >= 11 is 0. The second kappa shape index (κ2) is 6.39. The van der Waals surface area contributed by atoms with E-state index < -0.39 is 0 Å². The Morgan fingerprint density at radius 1 is 1.36 bits per heavy atom. The maximum absolute atomic E-state index is 7.51. The highest BCUT2D eigenvalue weighted by Crippen LogP contribution is 2.52. The van der Waals surface area contributed by atoms with Gasteiger partial charge >= 0.3 is 0 Å². The van der Waals surface area contributed by atoms with Gasteiger partial charge in [-0.3, -0.25) is 5.41 Å². The normalized spacial score (nSPS) is 25.7. The third-order valence-corrected chi connectivity index (χ3v) is 4.62. The molecule has 0 atom stereocenters. The van der Waals surface area contributed by atoms with Crippen LogP contribution >= 0.6 is 0 Å². The molecule has 1 saturated carbocycles. The van der Waals surface area contributed by atoms with Gasteiger partial charge in [0.2, 0.25) is 0 Å². The molecule has 0 bridgehead atoms. The summed E-state index contributed by atoms with van der Waals surface area (Å²) in [7, 11) is 0. The molecule has 0 amide bonds. The quantitative estimate of drug-likeness (QED) is 0.568. The fourth-order valence-electron chi connectivity index (χ4n) is 3.66. The van der Waals surface area contributed by atoms with E-state index in [-0.39, 0.29) is 11.3 Å². The summed E-state index contributed by atoms with van der Waals surface area (Å²) in [5, 5.41) is 7.51. The lowest BCUT2D eigenvalue weighted by molar-refractivity contribution is 0.192. The van der Waals surface area contributed by atoms with E-state index in [0.29, 0.717) is 12.3 Å². The van der Waals surface area contributed by atoms with Crippen molar-refractivity contribution in [1.29, 1.82) is 5.41 Å². The first-order chi connectivity index (χ1) is 10.4. The molecule has 0 radical (unpaired) electrons. The fraction of sp³-hybridized carbons (Fsp3) is 0.421. The topological polar surface area (TPSA) is 75.9 Å². The van der Waals surface area contributed by atoms with Gasteiger partial charge in [0.1, 0.15) is 0 Å². The summed E-state index contributed by atoms with van der Waals surface area (Å²) < 4.78 is 0. The highest BCUT2D eigenvalue weighted by molar-refractivity contribution is 5.79. The Morgan fingerprint density at radius 3 is 2.59 bits per heavy atom. The monoisotopic (exact) mass is 297 g/mol. The van der Waals surface area contributed by atoms with Gasteiger partial charge in [0.25, 0.3) is 0 Å². The van der Waals surface area contributed by atoms with E-state index in [1.165, 1.54) is 11.1 Å². The van der Waals surface area contributed by atoms with E-state index in [2.05, 4.69) is 43.3 Å². The minimum atomic E-state index is -0.0868. The number of hydrogen-bond acceptors (Lipinski definition) is 2. The van der Waals surface area contributed by atoms with Crippen molar-refractivity contribution < 1.29 is 0 Å². The highest BCUT2D eigenvalue weighted by atomic mass is 14.7. The van der Waals surface area contributed by atoms with Crippen molar-refractivity contribution in [2.45, 2.75) is 45.4 Å². The molecule has 22 heavy (non-hydrogen) atoms. The van der Waals surface area contributed by atoms with Gasteiger partial charge in [0.15, 0.2) is 0 Å². The molecule has 5 N–H and O–H groups in total. The first kappa shape index (κ1) is 16.3. The van der Waals surface area contributed by atoms with Crippen molar-refractivity contribution in [3.63, 3.8) is 0 Å². The molecule has 0 heterocycles. The Morgan fingerprint density at radius 2 is 2.05 bits per heavy atom. The first-order valence-electron chi connectivity index (χ1n) is 7.91. The lowest BCUT2D eigenvalue weighted by Gasteiger charge is -2.48. The average Bonchev–Trinajstić information content (AvgIpc) is 2.43. The molecule has 0 aliphatic heterocycles. The SMILES string of the molecule is C/C=C/c1cccc([C@]2(/C(N)=C(\C)CC(=N)N)C[C@@H](C)C2)c1. The van der Waals surface area contributed by atoms with Crippen LogP contribution in [0.3, 0.4) is 0 Å². The van der Waals surface area contributed by atoms with Crippen molar-refractivity contribution in [3.05, 3.63) is 52.7 Å². The Balaban J connectivity index is 2.45. The van der Waals surface area contributed by atoms with Gasteiger partial charge in [-0.25, -0.2) is 0 Å². The van der Waals surface area contributed by atoms with Crippen molar-refractivity contribution >= 4 is 11.9 Å². The first-order valence-corrected chi connectivity index (χ1v) is 7.91. The number of hydrogen-bond donors (Lipinski definition) is 3. The summed E-state index contributed by atoms with van der Waals surface area (Å²) in [5.41, 5.74) is 16.4. The maximum Gasteiger partial charge on any atom is 0.0947 e. The Hall–Kier alpha value is -2.03. The lowest BCUT2D eigenvalue weighted by atomic mass is 9.56. The van der Waals surface area contributed by atoms with Gasteiger partial charge in [-0.2, -0.15) is 0 Å². The van der Waals surface area contributed by atoms with Crippen molar-refractivity contribution in [2.75, 3.05) is 0 Å². The highest BCUT2D eigenvalue weighted by Gasteiger charge is 2.46. The van der Waals surface area contributed by atoms with Gasteiger partial charge in [0, 0.05) is 17.5 Å². The minimum absolute atomic E-state index is 0.0868. The summed E-state index contributed by atoms with van der Waals surface area (Å²) in [5.74, 6) is 0.847. The van der Waals surface area contributed by atoms with Crippen LogP contribution in [0.1, 0.15) is 51.2 Å². The number of nitrogens with one attached hydrogen (secondary N) is 1. The standard InChI is InChI=1S/C19H27N3/c1-4-6-15-7-5-8-16(10-15)19(11-13(2)12-19)18(22)14(3)9-17(20)21/h4-8,10,13H,9,11-12,22H2,1-3H3,(H3,20,21)/b6-4+,18-14-/t13-,19+. The summed E-state index contributed by atoms with van der Waals surface area (Å²) in [6, 6.07) is 8.62. The number of amidine groups is 1. The zero-order chi connectivity index (χ0) is 16.3. The second-order valence-electron chi connectivity index (χ2n) is 6.62. The van der Waals surface area contributed by atoms with Crippen molar-refractivity contribution in [1.82, 2.24) is 0 Å². The summed E-state index contributed by atoms with van der Waals surface area (Å²) in [6.45, 7) is 6.29. The molecule has 3 nitrogen and oxygen atoms in total. The number of rotatable bonds is 5. The van der Waals surface area contributed by atoms with E-state index in [4.69, 9.17) is 16.9 Å². The number of allylic oxidation sites excluding steroid dienone is 2. The molecule has 1 fully saturated rings. The van der Waals surface area contributed by atoms with Crippen LogP contribution in [-0.4, -0.2) is 5.84 Å². The molecule has 1 aliphatic rings. The zero-order valence-electron chi connectivity index (χ0n) is 13.8. The van der Waals surface area contributed by atoms with E-state index in [1.54, 1.807) is 0 Å². The molecule has 1 aliphatic carbocycles. The molecule has 3 heteroatoms. The van der Waals surface area contributed by atoms with Crippen LogP contribution in [0, 0.1) is 11.3 Å². The van der Waals surface area contributed by atoms with Crippen molar-refractivity contribution in [2.24, 2.45) is 17.4 Å². The van der Waals surface area contributed by atoms with Gasteiger partial charge in [-0.1, -0.05) is 43.3 Å². The van der Waals surface area contributed by atoms with E-state index in [1.807, 2.05) is 13.8 Å². The molecule has 0 aromatic heterocycles. The molecule has 118 valence electrons. The van der Waals surface area contributed by atoms with E-state index >= 15 is 0 Å². The van der Waals surface area contributed by atoms with Crippen LogP contribution in [-0.2, 0) is 5.41 Å². The second-order valence-corrected chi connectivity index (χ2v) is 6.62. The smallest absolute Gasteiger partial charge is 0.0947 e. The molecule has 0 spiro atoms. The molecular formula is C19H27N3. The Bertz CT molecular complexity index is 619. The summed E-state index contributed by atoms with van der Waals surface area (Å²) in [4.78, 5) is 0. The zero-order valence-corrected chi connectivity index (χ0v) is 13.8. The molecule has 1 aromatic rings. The van der Waals surface area contributed by atoms with Crippen molar-refractivity contribution in [3.8, 4) is 0 Å². The van der Waals surface area contributed by atoms with Crippen LogP contribution in [0.25, 0.3) is 6.08 Å². The van der Waals surface area contributed by atoms with Crippen LogP contribution in [0.5, 0.6) is 0 Å². The number of benzene rings is 1. The lowest BCUT2D eigenvalue weighted by Crippen LogP contribution is -2.45. The van der Waals surface area contributed by atoms with Gasteiger partial charge in [0.05, 0.1) is 5.84 Å². The Labute approximate surface area is 133 Å². The predicted octanol–water partition coefficient (Wildman–Crippen LogP) is 3.95. The minimum Gasteiger partial charge on any atom is -0.401 e. The van der Waals surface area contributed by atoms with Crippen LogP contribution < -0.4 is 11.5 Å². The molecule has 0 saturated heterocycles. The molecule has 1 aromatic carbocycles. The summed E-state index contributed by atoms with van der Waals surface area (Å²) in [6.07, 6.45) is 6.74. The number of nitrogens with two attached hydrogens (primary N) is 2. The van der Waals surface area contributed by atoms with E-state index in [0.717, 1.165) is 24.1 Å². The maximum atomic E-state index is 7.51. The molecule has 2 rings (SSSR count). The molecule has 0 unspecified atom stereocenters. The third kappa shape index (κ3) is 3.08. The molecular weight excluding hydrogens is 270 g/mol. The van der Waals surface area contributed by atoms with Gasteiger partial charge in [-0.15, -0.1) is 0 Å². The fourth-order valence-corrected chi connectivity index (χ4v) is 3.66. The van der Waals surface area contributed by atoms with Crippen LogP contribution in [0.2, 0.25) is 0 Å². The van der Waals surface area contributed by atoms with Gasteiger partial charge < -0.3 is 11.5 Å². The van der Waals surface area contributed by atoms with Gasteiger partial charge in [-0.05, 0) is 49.3 Å². The third-order valence-electron chi connectivity index (χ3n) is 4.62. The Kier molecular flexibility index (Phi) is 4.74. The van der Waals surface area contributed by atoms with E-state index in [9.17, 15) is 0 Å². The average molecular weight is 297 g/mol. The van der Waals surface area contributed by atoms with Crippen LogP contribution in [0.4, 0.5) is 0 Å². The largest absolute Gasteiger partial charge is 0.401 e.